The van der Waals surface area contributed by atoms with Crippen molar-refractivity contribution < 1.29 is 0 Å². The maximum absolute atomic E-state index is 3.53. The van der Waals surface area contributed by atoms with Crippen LogP contribution in [0.3, 0.4) is 0 Å². The molecule has 0 bridgehead atoms. The SMILES string of the molecule is CC1(C)CCN(CC2CNc3ccccc32)CC1. The van der Waals surface area contributed by atoms with Crippen molar-refractivity contribution in [2.45, 2.75) is 32.6 Å². The van der Waals surface area contributed by atoms with Gasteiger partial charge in [-0.15, -0.1) is 0 Å². The van der Waals surface area contributed by atoms with Gasteiger partial charge in [0.15, 0.2) is 0 Å². The molecule has 2 heteroatoms. The van der Waals surface area contributed by atoms with Crippen molar-refractivity contribution in [3.63, 3.8) is 0 Å². The van der Waals surface area contributed by atoms with E-state index in [4.69, 9.17) is 0 Å². The number of fused-ring (bicyclic) bond motifs is 1. The fraction of sp³-hybridized carbons (Fsp3) is 0.625. The Morgan fingerprint density at radius 3 is 2.72 bits per heavy atom. The van der Waals surface area contributed by atoms with Gasteiger partial charge < -0.3 is 10.2 Å². The van der Waals surface area contributed by atoms with Crippen molar-refractivity contribution in [1.29, 1.82) is 0 Å². The molecule has 1 fully saturated rings. The van der Waals surface area contributed by atoms with Gasteiger partial charge in [0, 0.05) is 24.7 Å². The van der Waals surface area contributed by atoms with Crippen LogP contribution in [-0.2, 0) is 0 Å². The zero-order valence-corrected chi connectivity index (χ0v) is 11.6. The van der Waals surface area contributed by atoms with E-state index in [1.54, 1.807) is 0 Å². The minimum Gasteiger partial charge on any atom is -0.384 e. The third-order valence-corrected chi connectivity index (χ3v) is 4.63. The van der Waals surface area contributed by atoms with E-state index in [0.29, 0.717) is 11.3 Å². The van der Waals surface area contributed by atoms with Crippen LogP contribution in [0.2, 0.25) is 0 Å². The van der Waals surface area contributed by atoms with E-state index in [1.807, 2.05) is 0 Å². The second-order valence-corrected chi connectivity index (χ2v) is 6.63. The Balaban J connectivity index is 1.62. The zero-order valence-electron chi connectivity index (χ0n) is 11.6. The summed E-state index contributed by atoms with van der Waals surface area (Å²) >= 11 is 0. The number of benzene rings is 1. The van der Waals surface area contributed by atoms with Crippen LogP contribution in [0.5, 0.6) is 0 Å². The molecule has 1 aromatic carbocycles. The molecule has 1 unspecified atom stereocenters. The minimum absolute atomic E-state index is 0.558. The number of para-hydroxylation sites is 1. The third kappa shape index (κ3) is 2.39. The summed E-state index contributed by atoms with van der Waals surface area (Å²) in [6.45, 7) is 9.67. The topological polar surface area (TPSA) is 15.3 Å². The highest BCUT2D eigenvalue weighted by atomic mass is 15.1. The fourth-order valence-corrected chi connectivity index (χ4v) is 3.17. The first-order chi connectivity index (χ1) is 8.64. The molecule has 98 valence electrons. The van der Waals surface area contributed by atoms with Crippen LogP contribution in [-0.4, -0.2) is 31.1 Å². The average Bonchev–Trinajstić information content (AvgIpc) is 2.76. The maximum Gasteiger partial charge on any atom is 0.0376 e. The highest BCUT2D eigenvalue weighted by Gasteiger charge is 2.29. The quantitative estimate of drug-likeness (QED) is 0.858. The number of hydrogen-bond acceptors (Lipinski definition) is 2. The highest BCUT2D eigenvalue weighted by molar-refractivity contribution is 5.57. The van der Waals surface area contributed by atoms with Crippen LogP contribution in [0.25, 0.3) is 0 Å². The van der Waals surface area contributed by atoms with Gasteiger partial charge in [-0.3, -0.25) is 0 Å². The van der Waals surface area contributed by atoms with Crippen molar-refractivity contribution in [3.05, 3.63) is 29.8 Å². The molecule has 1 saturated heterocycles. The number of rotatable bonds is 2. The third-order valence-electron chi connectivity index (χ3n) is 4.63. The number of nitrogens with zero attached hydrogens (tertiary/aromatic N) is 1. The molecule has 1 aromatic rings. The molecule has 0 saturated carbocycles. The van der Waals surface area contributed by atoms with Gasteiger partial charge >= 0.3 is 0 Å². The van der Waals surface area contributed by atoms with Crippen molar-refractivity contribution in [2.75, 3.05) is 31.5 Å². The summed E-state index contributed by atoms with van der Waals surface area (Å²) in [5.74, 6) is 0.683. The summed E-state index contributed by atoms with van der Waals surface area (Å²) in [6, 6.07) is 8.78. The van der Waals surface area contributed by atoms with Crippen LogP contribution in [0, 0.1) is 5.41 Å². The summed E-state index contributed by atoms with van der Waals surface area (Å²) in [6.07, 6.45) is 2.68. The van der Waals surface area contributed by atoms with Gasteiger partial charge in [0.05, 0.1) is 0 Å². The molecule has 18 heavy (non-hydrogen) atoms. The lowest BCUT2D eigenvalue weighted by atomic mass is 9.82. The number of nitrogens with one attached hydrogen (secondary N) is 1. The van der Waals surface area contributed by atoms with Crippen LogP contribution in [0.1, 0.15) is 38.2 Å². The predicted octanol–water partition coefficient (Wildman–Crippen LogP) is 3.32. The van der Waals surface area contributed by atoms with Crippen molar-refractivity contribution >= 4 is 5.69 Å². The Labute approximate surface area is 110 Å². The van der Waals surface area contributed by atoms with Crippen LogP contribution >= 0.6 is 0 Å². The molecule has 0 aromatic heterocycles. The van der Waals surface area contributed by atoms with E-state index in [9.17, 15) is 0 Å². The second-order valence-electron chi connectivity index (χ2n) is 6.63. The Morgan fingerprint density at radius 2 is 1.94 bits per heavy atom. The van der Waals surface area contributed by atoms with Gasteiger partial charge in [0.2, 0.25) is 0 Å². The van der Waals surface area contributed by atoms with Gasteiger partial charge in [-0.05, 0) is 43.0 Å². The van der Waals surface area contributed by atoms with E-state index in [-0.39, 0.29) is 0 Å². The lowest BCUT2D eigenvalue weighted by molar-refractivity contribution is 0.128. The maximum atomic E-state index is 3.53. The standard InChI is InChI=1S/C16H24N2/c1-16(2)7-9-18(10-8-16)12-13-11-17-15-6-4-3-5-14(13)15/h3-6,13,17H,7-12H2,1-2H3. The summed E-state index contributed by atoms with van der Waals surface area (Å²) < 4.78 is 0. The summed E-state index contributed by atoms with van der Waals surface area (Å²) in [5.41, 5.74) is 3.42. The minimum atomic E-state index is 0.558. The monoisotopic (exact) mass is 244 g/mol. The molecule has 2 heterocycles. The smallest absolute Gasteiger partial charge is 0.0376 e. The Morgan fingerprint density at radius 1 is 1.22 bits per heavy atom. The Kier molecular flexibility index (Phi) is 3.06. The van der Waals surface area contributed by atoms with E-state index >= 15 is 0 Å². The Bertz CT molecular complexity index is 415. The molecular weight excluding hydrogens is 220 g/mol. The van der Waals surface area contributed by atoms with Gasteiger partial charge in [0.1, 0.15) is 0 Å². The summed E-state index contributed by atoms with van der Waals surface area (Å²) in [4.78, 5) is 2.65. The fourth-order valence-electron chi connectivity index (χ4n) is 3.17. The highest BCUT2D eigenvalue weighted by Crippen LogP contribution is 2.34. The van der Waals surface area contributed by atoms with Crippen molar-refractivity contribution in [2.24, 2.45) is 5.41 Å². The van der Waals surface area contributed by atoms with E-state index in [1.165, 1.54) is 43.7 Å². The average molecular weight is 244 g/mol. The molecule has 2 aliphatic heterocycles. The van der Waals surface area contributed by atoms with Gasteiger partial charge in [-0.1, -0.05) is 32.0 Å². The molecule has 0 radical (unpaired) electrons. The zero-order chi connectivity index (χ0) is 12.6. The number of piperidine rings is 1. The van der Waals surface area contributed by atoms with E-state index in [2.05, 4.69) is 48.3 Å². The van der Waals surface area contributed by atoms with Gasteiger partial charge in [0.25, 0.3) is 0 Å². The Hall–Kier alpha value is -1.02. The first-order valence-corrected chi connectivity index (χ1v) is 7.19. The number of hydrogen-bond donors (Lipinski definition) is 1. The number of likely N-dealkylation sites (tertiary alicyclic amines) is 1. The first-order valence-electron chi connectivity index (χ1n) is 7.19. The molecule has 0 amide bonds. The number of anilines is 1. The van der Waals surface area contributed by atoms with Gasteiger partial charge in [-0.2, -0.15) is 0 Å². The second kappa shape index (κ2) is 4.58. The lowest BCUT2D eigenvalue weighted by Gasteiger charge is -2.38. The van der Waals surface area contributed by atoms with Crippen molar-refractivity contribution in [3.8, 4) is 0 Å². The molecule has 3 rings (SSSR count). The summed E-state index contributed by atoms with van der Waals surface area (Å²) in [7, 11) is 0. The lowest BCUT2D eigenvalue weighted by Crippen LogP contribution is -2.39. The van der Waals surface area contributed by atoms with Crippen LogP contribution in [0.15, 0.2) is 24.3 Å². The van der Waals surface area contributed by atoms with E-state index in [0.717, 1.165) is 6.54 Å². The summed E-state index contributed by atoms with van der Waals surface area (Å²) in [5, 5.41) is 3.53. The first kappa shape index (κ1) is 12.0. The molecule has 1 N–H and O–H groups in total. The normalized spacial score (nSPS) is 26.7. The van der Waals surface area contributed by atoms with Crippen LogP contribution < -0.4 is 5.32 Å². The largest absolute Gasteiger partial charge is 0.384 e. The molecule has 1 atom stereocenters. The van der Waals surface area contributed by atoms with Crippen molar-refractivity contribution in [1.82, 2.24) is 4.90 Å². The van der Waals surface area contributed by atoms with Crippen LogP contribution in [0.4, 0.5) is 5.69 Å². The molecule has 2 nitrogen and oxygen atoms in total. The van der Waals surface area contributed by atoms with Gasteiger partial charge in [-0.25, -0.2) is 0 Å². The van der Waals surface area contributed by atoms with E-state index < -0.39 is 0 Å². The predicted molar refractivity (Wildman–Crippen MR) is 77.1 cm³/mol. The molecule has 2 aliphatic rings. The molecular formula is C16H24N2. The molecule has 0 aliphatic carbocycles. The molecule has 0 spiro atoms.